The molecule has 331 valence electrons. The number of hydrogen-bond acceptors (Lipinski definition) is 11. The SMILES string of the molecule is CCn1c(-c2cccnc2[C@H](C)OC)c2c3cc(ccc31)-c1csc(n1)CC([Si])(NC(=O)[C@H](C(C)C)N(C)C(=O)N(C)C1COC1)C(=O)N1CCC[C@H](N1)C(=O)OCC(C)(C)C2. The molecular formula is C45H59N8O7SSi. The van der Waals surface area contributed by atoms with Gasteiger partial charge in [0.25, 0.3) is 5.91 Å². The van der Waals surface area contributed by atoms with Gasteiger partial charge >= 0.3 is 12.0 Å². The van der Waals surface area contributed by atoms with E-state index in [0.29, 0.717) is 44.0 Å². The minimum atomic E-state index is -1.71. The van der Waals surface area contributed by atoms with Crippen molar-refractivity contribution in [2.75, 3.05) is 47.6 Å². The monoisotopic (exact) mass is 883 g/mol. The van der Waals surface area contributed by atoms with E-state index in [1.165, 1.54) is 21.2 Å². The van der Waals surface area contributed by atoms with Crippen LogP contribution in [0.2, 0.25) is 0 Å². The van der Waals surface area contributed by atoms with Gasteiger partial charge in [0, 0.05) is 79.7 Å². The lowest BCUT2D eigenvalue weighted by Gasteiger charge is -2.42. The van der Waals surface area contributed by atoms with Crippen LogP contribution in [0.15, 0.2) is 41.9 Å². The van der Waals surface area contributed by atoms with Crippen molar-refractivity contribution >= 4 is 56.3 Å². The summed E-state index contributed by atoms with van der Waals surface area (Å²) in [4.78, 5) is 69.7. The molecule has 4 amide bonds. The minimum absolute atomic E-state index is 0.0201. The zero-order valence-electron chi connectivity index (χ0n) is 37.2. The average molecular weight is 884 g/mol. The molecule has 2 fully saturated rings. The zero-order chi connectivity index (χ0) is 44.7. The Morgan fingerprint density at radius 3 is 2.58 bits per heavy atom. The topological polar surface area (TPSA) is 160 Å². The summed E-state index contributed by atoms with van der Waals surface area (Å²) in [5.74, 6) is -1.79. The highest BCUT2D eigenvalue weighted by Crippen LogP contribution is 2.42. The molecule has 3 aliphatic heterocycles. The Kier molecular flexibility index (Phi) is 13.3. The molecule has 2 saturated heterocycles. The van der Waals surface area contributed by atoms with E-state index in [0.717, 1.165) is 44.7 Å². The number of likely N-dealkylation sites (N-methyl/N-ethyl adjacent to an activating group) is 2. The molecule has 0 aliphatic carbocycles. The molecule has 15 nitrogen and oxygen atoms in total. The van der Waals surface area contributed by atoms with Gasteiger partial charge in [0.05, 0.1) is 64.3 Å². The first-order valence-electron chi connectivity index (χ1n) is 21.4. The van der Waals surface area contributed by atoms with E-state index in [1.54, 1.807) is 32.3 Å². The molecule has 1 aromatic carbocycles. The van der Waals surface area contributed by atoms with E-state index in [1.807, 2.05) is 32.2 Å². The van der Waals surface area contributed by atoms with Crippen LogP contribution in [-0.2, 0) is 48.0 Å². The van der Waals surface area contributed by atoms with Gasteiger partial charge in [-0.3, -0.25) is 24.4 Å². The number of urea groups is 1. The summed E-state index contributed by atoms with van der Waals surface area (Å²) in [5, 5.41) is 6.29. The predicted octanol–water partition coefficient (Wildman–Crippen LogP) is 5.11. The van der Waals surface area contributed by atoms with Crippen LogP contribution in [0, 0.1) is 11.3 Å². The fraction of sp³-hybridized carbons (Fsp3) is 0.556. The number of carbonyl (C=O) groups is 4. The highest BCUT2D eigenvalue weighted by molar-refractivity contribution is 7.10. The van der Waals surface area contributed by atoms with Gasteiger partial charge in [0.1, 0.15) is 17.2 Å². The molecule has 4 atom stereocenters. The molecule has 6 bridgehead atoms. The molecule has 17 heteroatoms. The zero-order valence-corrected chi connectivity index (χ0v) is 39.1. The smallest absolute Gasteiger partial charge is 0.324 e. The second-order valence-electron chi connectivity index (χ2n) is 17.9. The summed E-state index contributed by atoms with van der Waals surface area (Å²) in [6.45, 7) is 14.0. The Labute approximate surface area is 371 Å². The number of benzene rings is 1. The van der Waals surface area contributed by atoms with Gasteiger partial charge in [-0.25, -0.2) is 15.2 Å². The number of esters is 1. The Morgan fingerprint density at radius 2 is 1.90 bits per heavy atom. The van der Waals surface area contributed by atoms with Crippen LogP contribution in [0.3, 0.4) is 0 Å². The Hall–Kier alpha value is -4.68. The van der Waals surface area contributed by atoms with Crippen molar-refractivity contribution in [3.8, 4) is 22.5 Å². The van der Waals surface area contributed by atoms with Crippen molar-refractivity contribution in [2.24, 2.45) is 11.3 Å². The average Bonchev–Trinajstić information content (AvgIpc) is 3.81. The fourth-order valence-electron chi connectivity index (χ4n) is 8.79. The summed E-state index contributed by atoms with van der Waals surface area (Å²) in [5.41, 5.74) is 9.24. The van der Waals surface area contributed by atoms with Gasteiger partial charge in [-0.05, 0) is 68.9 Å². The number of ether oxygens (including phenoxy) is 3. The number of methoxy groups -OCH3 is 1. The summed E-state index contributed by atoms with van der Waals surface area (Å²) >= 11 is 1.39. The van der Waals surface area contributed by atoms with Crippen LogP contribution < -0.4 is 10.7 Å². The second kappa shape index (κ2) is 18.2. The number of fused-ring (bicyclic) bond motifs is 6. The largest absolute Gasteiger partial charge is 0.464 e. The first-order chi connectivity index (χ1) is 29.5. The Morgan fingerprint density at radius 1 is 1.15 bits per heavy atom. The molecule has 3 radical (unpaired) electrons. The van der Waals surface area contributed by atoms with Gasteiger partial charge in [-0.15, -0.1) is 11.3 Å². The van der Waals surface area contributed by atoms with E-state index < -0.39 is 40.4 Å². The third kappa shape index (κ3) is 8.91. The van der Waals surface area contributed by atoms with Crippen LogP contribution in [0.1, 0.15) is 76.8 Å². The third-order valence-electron chi connectivity index (χ3n) is 12.3. The van der Waals surface area contributed by atoms with Crippen LogP contribution >= 0.6 is 11.3 Å². The van der Waals surface area contributed by atoms with Crippen molar-refractivity contribution < 1.29 is 33.4 Å². The Balaban J connectivity index is 1.32. The number of nitrogens with one attached hydrogen (secondary N) is 2. The van der Waals surface area contributed by atoms with Gasteiger partial charge in [-0.2, -0.15) is 0 Å². The molecule has 7 rings (SSSR count). The summed E-state index contributed by atoms with van der Waals surface area (Å²) < 4.78 is 19.5. The van der Waals surface area contributed by atoms with Crippen LogP contribution in [0.5, 0.6) is 0 Å². The van der Waals surface area contributed by atoms with Crippen molar-refractivity contribution in [3.05, 3.63) is 58.2 Å². The molecule has 3 aromatic heterocycles. The number of nitrogens with zero attached hydrogens (tertiary/aromatic N) is 6. The maximum Gasteiger partial charge on any atom is 0.324 e. The summed E-state index contributed by atoms with van der Waals surface area (Å²) in [6, 6.07) is 8.26. The highest BCUT2D eigenvalue weighted by Gasteiger charge is 2.45. The van der Waals surface area contributed by atoms with Crippen molar-refractivity contribution in [3.63, 3.8) is 0 Å². The first kappa shape index (κ1) is 45.3. The van der Waals surface area contributed by atoms with Crippen molar-refractivity contribution in [1.29, 1.82) is 0 Å². The molecule has 0 spiro atoms. The van der Waals surface area contributed by atoms with Crippen molar-refractivity contribution in [2.45, 2.75) is 103 Å². The molecule has 6 heterocycles. The molecular weight excluding hydrogens is 825 g/mol. The number of hydrazine groups is 1. The number of amides is 4. The van der Waals surface area contributed by atoms with E-state index >= 15 is 0 Å². The number of aryl methyl sites for hydroxylation is 1. The number of rotatable bonds is 9. The van der Waals surface area contributed by atoms with Crippen molar-refractivity contribution in [1.82, 2.24) is 40.1 Å². The van der Waals surface area contributed by atoms with E-state index in [-0.39, 0.29) is 43.7 Å². The van der Waals surface area contributed by atoms with Gasteiger partial charge in [0.2, 0.25) is 5.91 Å². The quantitative estimate of drug-likeness (QED) is 0.171. The van der Waals surface area contributed by atoms with E-state index in [2.05, 4.69) is 70.6 Å². The third-order valence-corrected chi connectivity index (χ3v) is 13.7. The van der Waals surface area contributed by atoms with E-state index in [4.69, 9.17) is 24.2 Å². The number of cyclic esters (lactones) is 1. The highest BCUT2D eigenvalue weighted by atomic mass is 32.1. The standard InChI is InChI=1S/C45H59N8O7SSi/c1-10-52-35-16-15-28-19-31(35)32(39(52)30-13-11-17-46-37(30)27(4)58-9)20-44(5,6)25-60-41(55)33-14-12-18-53(49-33)42(56)45(62,21-36-47-34(28)24-61-36)48-40(54)38(26(2)3)51(8)43(57)50(7)29-22-59-23-29/h11,13,15-17,19,24,26-27,29,33,38,49H,10,12,14,18,20-23,25H2,1-9H3,(H,48,54)/t27-,33-,38-,45?/m0/s1. The fourth-order valence-corrected chi connectivity index (χ4v) is 10.2. The minimum Gasteiger partial charge on any atom is -0.464 e. The van der Waals surface area contributed by atoms with Crippen LogP contribution in [0.25, 0.3) is 33.4 Å². The van der Waals surface area contributed by atoms with Crippen LogP contribution in [-0.4, -0.2) is 134 Å². The first-order valence-corrected chi connectivity index (χ1v) is 22.8. The second-order valence-corrected chi connectivity index (χ2v) is 19.7. The molecule has 62 heavy (non-hydrogen) atoms. The lowest BCUT2D eigenvalue weighted by atomic mass is 9.84. The lowest BCUT2D eigenvalue weighted by Crippen LogP contribution is -2.69. The Bertz CT molecular complexity index is 2330. The number of carbonyl (C=O) groups excluding carboxylic acids is 4. The molecule has 0 saturated carbocycles. The van der Waals surface area contributed by atoms with E-state index in [9.17, 15) is 19.2 Å². The van der Waals surface area contributed by atoms with Gasteiger partial charge in [-0.1, -0.05) is 33.8 Å². The van der Waals surface area contributed by atoms with Crippen LogP contribution in [0.4, 0.5) is 4.79 Å². The number of hydrogen-bond donors (Lipinski definition) is 2. The summed E-state index contributed by atoms with van der Waals surface area (Å²) in [7, 11) is 8.78. The predicted molar refractivity (Wildman–Crippen MR) is 238 cm³/mol. The number of pyridine rings is 1. The molecule has 2 N–H and O–H groups in total. The molecule has 1 unspecified atom stereocenters. The lowest BCUT2D eigenvalue weighted by molar-refractivity contribution is -0.156. The summed E-state index contributed by atoms with van der Waals surface area (Å²) in [6.07, 6.45) is 3.08. The maximum atomic E-state index is 14.8. The number of thiazole rings is 1. The van der Waals surface area contributed by atoms with Gasteiger partial charge in [0.15, 0.2) is 0 Å². The normalized spacial score (nSPS) is 21.8. The number of aromatic nitrogens is 3. The molecule has 4 aromatic rings. The van der Waals surface area contributed by atoms with Gasteiger partial charge < -0.3 is 33.9 Å². The molecule has 3 aliphatic rings. The maximum absolute atomic E-state index is 14.8.